The molecular weight excluding hydrogens is 232 g/mol. The number of hydrogen-bond donors (Lipinski definition) is 1. The number of methoxy groups -OCH3 is 1. The van der Waals surface area contributed by atoms with Gasteiger partial charge >= 0.3 is 0 Å². The number of ether oxygens (including phenoxy) is 1. The Balaban J connectivity index is 2.07. The molecule has 1 unspecified atom stereocenters. The third-order valence-electron chi connectivity index (χ3n) is 2.65. The van der Waals surface area contributed by atoms with Gasteiger partial charge in [-0.1, -0.05) is 0 Å². The number of nitrogens with one attached hydrogen (secondary N) is 1. The Morgan fingerprint density at radius 1 is 1.29 bits per heavy atom. The fraction of sp³-hybridized carbons (Fsp3) is 0.308. The third-order valence-corrected chi connectivity index (χ3v) is 3.76. The van der Waals surface area contributed by atoms with E-state index >= 15 is 0 Å². The molecular formula is C13H16N2OS. The molecule has 90 valence electrons. The van der Waals surface area contributed by atoms with E-state index in [4.69, 9.17) is 4.74 Å². The lowest BCUT2D eigenvalue weighted by Gasteiger charge is -2.14. The monoisotopic (exact) mass is 248 g/mol. The van der Waals surface area contributed by atoms with E-state index in [-0.39, 0.29) is 6.04 Å². The van der Waals surface area contributed by atoms with Gasteiger partial charge in [0.1, 0.15) is 5.75 Å². The van der Waals surface area contributed by atoms with Crippen LogP contribution in [0.15, 0.2) is 29.8 Å². The maximum absolute atomic E-state index is 5.13. The molecule has 17 heavy (non-hydrogen) atoms. The molecule has 3 nitrogen and oxygen atoms in total. The van der Waals surface area contributed by atoms with Crippen molar-refractivity contribution in [3.63, 3.8) is 0 Å². The number of aryl methyl sites for hydroxylation is 1. The SMILES string of the molecule is COc1ccc(NC(C)c2scnc2C)cc1. The van der Waals surface area contributed by atoms with Crippen molar-refractivity contribution in [2.24, 2.45) is 0 Å². The summed E-state index contributed by atoms with van der Waals surface area (Å²) in [5.74, 6) is 0.872. The number of rotatable bonds is 4. The zero-order valence-electron chi connectivity index (χ0n) is 10.2. The van der Waals surface area contributed by atoms with Gasteiger partial charge in [0.15, 0.2) is 0 Å². The summed E-state index contributed by atoms with van der Waals surface area (Å²) < 4.78 is 5.13. The summed E-state index contributed by atoms with van der Waals surface area (Å²) in [5.41, 5.74) is 4.08. The number of anilines is 1. The third kappa shape index (κ3) is 2.77. The highest BCUT2D eigenvalue weighted by Crippen LogP contribution is 2.25. The lowest BCUT2D eigenvalue weighted by Crippen LogP contribution is -2.06. The molecule has 1 N–H and O–H groups in total. The van der Waals surface area contributed by atoms with Crippen LogP contribution < -0.4 is 10.1 Å². The topological polar surface area (TPSA) is 34.1 Å². The van der Waals surface area contributed by atoms with Gasteiger partial charge in [0, 0.05) is 10.6 Å². The molecule has 2 aromatic rings. The fourth-order valence-electron chi connectivity index (χ4n) is 1.73. The predicted octanol–water partition coefficient (Wildman–Crippen LogP) is 3.63. The van der Waals surface area contributed by atoms with Gasteiger partial charge in [0.2, 0.25) is 0 Å². The molecule has 2 rings (SSSR count). The second kappa shape index (κ2) is 5.19. The Morgan fingerprint density at radius 2 is 2.00 bits per heavy atom. The van der Waals surface area contributed by atoms with Crippen molar-refractivity contribution < 1.29 is 4.74 Å². The van der Waals surface area contributed by atoms with Crippen LogP contribution in [0.4, 0.5) is 5.69 Å². The van der Waals surface area contributed by atoms with Crippen LogP contribution in [0.2, 0.25) is 0 Å². The molecule has 0 bridgehead atoms. The van der Waals surface area contributed by atoms with Crippen LogP contribution in [0.3, 0.4) is 0 Å². The molecule has 1 aromatic heterocycles. The van der Waals surface area contributed by atoms with Gasteiger partial charge < -0.3 is 10.1 Å². The summed E-state index contributed by atoms with van der Waals surface area (Å²) in [6.45, 7) is 4.18. The van der Waals surface area contributed by atoms with E-state index in [1.807, 2.05) is 36.7 Å². The maximum atomic E-state index is 5.13. The maximum Gasteiger partial charge on any atom is 0.119 e. The van der Waals surface area contributed by atoms with Crippen molar-refractivity contribution in [3.8, 4) is 5.75 Å². The molecule has 4 heteroatoms. The fourth-order valence-corrected chi connectivity index (χ4v) is 2.54. The average Bonchev–Trinajstić information content (AvgIpc) is 2.76. The van der Waals surface area contributed by atoms with Crippen LogP contribution >= 0.6 is 11.3 Å². The van der Waals surface area contributed by atoms with Crippen molar-refractivity contribution in [2.75, 3.05) is 12.4 Å². The number of hydrogen-bond acceptors (Lipinski definition) is 4. The molecule has 0 spiro atoms. The number of thiazole rings is 1. The van der Waals surface area contributed by atoms with Gasteiger partial charge in [0.05, 0.1) is 24.4 Å². The summed E-state index contributed by atoms with van der Waals surface area (Å²) in [4.78, 5) is 5.54. The van der Waals surface area contributed by atoms with E-state index in [0.717, 1.165) is 17.1 Å². The highest BCUT2D eigenvalue weighted by atomic mass is 32.1. The Kier molecular flexibility index (Phi) is 3.64. The first-order valence-electron chi connectivity index (χ1n) is 5.51. The first kappa shape index (κ1) is 11.9. The minimum absolute atomic E-state index is 0.274. The number of nitrogens with zero attached hydrogens (tertiary/aromatic N) is 1. The van der Waals surface area contributed by atoms with Crippen molar-refractivity contribution in [1.29, 1.82) is 0 Å². The lowest BCUT2D eigenvalue weighted by atomic mass is 10.2. The summed E-state index contributed by atoms with van der Waals surface area (Å²) in [6, 6.07) is 8.22. The highest BCUT2D eigenvalue weighted by molar-refractivity contribution is 7.09. The van der Waals surface area contributed by atoms with Crippen LogP contribution in [0.5, 0.6) is 5.75 Å². The Hall–Kier alpha value is -1.55. The zero-order valence-corrected chi connectivity index (χ0v) is 11.0. The van der Waals surface area contributed by atoms with Crippen LogP contribution in [-0.4, -0.2) is 12.1 Å². The minimum Gasteiger partial charge on any atom is -0.497 e. The summed E-state index contributed by atoms with van der Waals surface area (Å²) in [7, 11) is 1.67. The van der Waals surface area contributed by atoms with E-state index in [9.17, 15) is 0 Å². The minimum atomic E-state index is 0.274. The van der Waals surface area contributed by atoms with Crippen LogP contribution in [0, 0.1) is 6.92 Å². The molecule has 0 amide bonds. The smallest absolute Gasteiger partial charge is 0.119 e. The second-order valence-corrected chi connectivity index (χ2v) is 4.78. The van der Waals surface area contributed by atoms with Gasteiger partial charge in [-0.05, 0) is 38.1 Å². The Morgan fingerprint density at radius 3 is 2.53 bits per heavy atom. The average molecular weight is 248 g/mol. The molecule has 1 heterocycles. The van der Waals surface area contributed by atoms with Crippen LogP contribution in [0.25, 0.3) is 0 Å². The quantitative estimate of drug-likeness (QED) is 0.897. The predicted molar refractivity (Wildman–Crippen MR) is 71.9 cm³/mol. The standard InChI is InChI=1S/C13H16N2OS/c1-9-13(17-8-14-9)10(2)15-11-4-6-12(16-3)7-5-11/h4-8,10,15H,1-3H3. The number of benzene rings is 1. The first-order chi connectivity index (χ1) is 8.20. The van der Waals surface area contributed by atoms with Crippen LogP contribution in [0.1, 0.15) is 23.5 Å². The molecule has 1 aromatic carbocycles. The largest absolute Gasteiger partial charge is 0.497 e. The van der Waals surface area contributed by atoms with E-state index < -0.39 is 0 Å². The van der Waals surface area contributed by atoms with Gasteiger partial charge in [-0.25, -0.2) is 4.98 Å². The molecule has 0 aliphatic carbocycles. The summed E-state index contributed by atoms with van der Waals surface area (Å²) in [6.07, 6.45) is 0. The molecule has 0 saturated heterocycles. The highest BCUT2D eigenvalue weighted by Gasteiger charge is 2.10. The van der Waals surface area contributed by atoms with E-state index in [1.165, 1.54) is 4.88 Å². The van der Waals surface area contributed by atoms with Crippen molar-refractivity contribution in [2.45, 2.75) is 19.9 Å². The lowest BCUT2D eigenvalue weighted by molar-refractivity contribution is 0.415. The molecule has 0 radical (unpaired) electrons. The van der Waals surface area contributed by atoms with Crippen molar-refractivity contribution in [3.05, 3.63) is 40.3 Å². The van der Waals surface area contributed by atoms with Crippen molar-refractivity contribution in [1.82, 2.24) is 4.98 Å². The summed E-state index contributed by atoms with van der Waals surface area (Å²) in [5, 5.41) is 3.45. The molecule has 0 saturated carbocycles. The van der Waals surface area contributed by atoms with Crippen LogP contribution in [-0.2, 0) is 0 Å². The summed E-state index contributed by atoms with van der Waals surface area (Å²) >= 11 is 1.69. The molecule has 0 aliphatic heterocycles. The van der Waals surface area contributed by atoms with E-state index in [1.54, 1.807) is 18.4 Å². The second-order valence-electron chi connectivity index (χ2n) is 3.90. The van der Waals surface area contributed by atoms with Gasteiger partial charge in [-0.2, -0.15) is 0 Å². The van der Waals surface area contributed by atoms with E-state index in [2.05, 4.69) is 17.2 Å². The Labute approximate surface area is 105 Å². The van der Waals surface area contributed by atoms with E-state index in [0.29, 0.717) is 0 Å². The zero-order chi connectivity index (χ0) is 12.3. The number of aromatic nitrogens is 1. The Bertz CT molecular complexity index is 478. The molecule has 0 fully saturated rings. The van der Waals surface area contributed by atoms with Gasteiger partial charge in [-0.3, -0.25) is 0 Å². The van der Waals surface area contributed by atoms with Crippen molar-refractivity contribution >= 4 is 17.0 Å². The van der Waals surface area contributed by atoms with Gasteiger partial charge in [-0.15, -0.1) is 11.3 Å². The normalized spacial score (nSPS) is 12.2. The van der Waals surface area contributed by atoms with Gasteiger partial charge in [0.25, 0.3) is 0 Å². The first-order valence-corrected chi connectivity index (χ1v) is 6.39. The molecule has 0 aliphatic rings. The molecule has 1 atom stereocenters.